The Morgan fingerprint density at radius 1 is 1.21 bits per heavy atom. The van der Waals surface area contributed by atoms with E-state index in [0.717, 1.165) is 35.0 Å². The maximum absolute atomic E-state index is 13.4. The van der Waals surface area contributed by atoms with Crippen molar-refractivity contribution in [3.05, 3.63) is 76.7 Å². The van der Waals surface area contributed by atoms with Crippen molar-refractivity contribution in [3.8, 4) is 0 Å². The van der Waals surface area contributed by atoms with E-state index in [2.05, 4.69) is 21.0 Å². The molecule has 0 saturated heterocycles. The largest absolute Gasteiger partial charge is 0.416 e. The van der Waals surface area contributed by atoms with Crippen LogP contribution in [-0.2, 0) is 13.2 Å². The van der Waals surface area contributed by atoms with Crippen LogP contribution in [0.5, 0.6) is 0 Å². The van der Waals surface area contributed by atoms with E-state index in [-0.39, 0.29) is 23.5 Å². The van der Waals surface area contributed by atoms with E-state index in [9.17, 15) is 23.1 Å². The minimum atomic E-state index is -4.64. The first-order valence-corrected chi connectivity index (χ1v) is 11.9. The lowest BCUT2D eigenvalue weighted by molar-refractivity contribution is -0.137. The summed E-state index contributed by atoms with van der Waals surface area (Å²) >= 11 is 0. The molecule has 0 aliphatic carbocycles. The van der Waals surface area contributed by atoms with Crippen LogP contribution in [0.2, 0.25) is 0 Å². The van der Waals surface area contributed by atoms with Gasteiger partial charge >= 0.3 is 6.18 Å². The first-order chi connectivity index (χ1) is 18.3. The van der Waals surface area contributed by atoms with Crippen LogP contribution in [0.15, 0.2) is 48.8 Å². The average molecular weight is 548 g/mol. The van der Waals surface area contributed by atoms with Gasteiger partial charge in [0.1, 0.15) is 0 Å². The maximum atomic E-state index is 13.4. The number of anilines is 3. The quantitative estimate of drug-likeness (QED) is 0.168. The molecule has 0 saturated carbocycles. The number of aliphatic hydroxyl groups is 2. The summed E-state index contributed by atoms with van der Waals surface area (Å²) in [5, 5.41) is 32.6. The Morgan fingerprint density at radius 3 is 2.51 bits per heavy atom. The Kier molecular flexibility index (Phi) is 9.22. The second-order valence-electron chi connectivity index (χ2n) is 8.90. The molecule has 0 radical (unpaired) electrons. The number of benzene rings is 2. The van der Waals surface area contributed by atoms with Gasteiger partial charge in [-0.2, -0.15) is 18.3 Å². The van der Waals surface area contributed by atoms with Gasteiger partial charge in [0.25, 0.3) is 5.91 Å². The molecule has 10 nitrogen and oxygen atoms in total. The number of hydrogen-bond acceptors (Lipinski definition) is 8. The standard InChI is InChI=1S/C26H32F3N7O3/c1-15-5-6-17(9-24(15)36(30)13-23(31-3)20-12-33-35(4)16(20)2)25(39)34-22-10-18(26(27,28)29)7-8-21(22)32-11-19(38)14-37/h5-10,12-13,19,31-32,37-38H,11,14,30H2,1-4H3,(H,34,39)/b23-13-/t19-/m1/s1. The van der Waals surface area contributed by atoms with Gasteiger partial charge in [0.15, 0.2) is 0 Å². The molecule has 7 N–H and O–H groups in total. The second kappa shape index (κ2) is 12.2. The van der Waals surface area contributed by atoms with Crippen LogP contribution in [0.3, 0.4) is 0 Å². The highest BCUT2D eigenvalue weighted by atomic mass is 19.4. The fraction of sp³-hybridized carbons (Fsp3) is 0.308. The molecule has 3 aromatic rings. The number of aryl methyl sites for hydroxylation is 2. The number of aliphatic hydroxyl groups excluding tert-OH is 2. The molecule has 3 rings (SSSR count). The van der Waals surface area contributed by atoms with Crippen molar-refractivity contribution in [2.75, 3.05) is 35.8 Å². The van der Waals surface area contributed by atoms with Gasteiger partial charge in [-0.05, 0) is 49.7 Å². The highest BCUT2D eigenvalue weighted by Gasteiger charge is 2.31. The van der Waals surface area contributed by atoms with E-state index in [1.165, 1.54) is 17.1 Å². The van der Waals surface area contributed by atoms with Gasteiger partial charge in [-0.25, -0.2) is 5.84 Å². The number of amides is 1. The summed E-state index contributed by atoms with van der Waals surface area (Å²) < 4.78 is 41.8. The molecule has 0 spiro atoms. The fourth-order valence-electron chi connectivity index (χ4n) is 3.73. The Bertz CT molecular complexity index is 1360. The van der Waals surface area contributed by atoms with Crippen LogP contribution in [0.25, 0.3) is 5.70 Å². The summed E-state index contributed by atoms with van der Waals surface area (Å²) in [6.07, 6.45) is -2.43. The smallest absolute Gasteiger partial charge is 0.394 e. The van der Waals surface area contributed by atoms with Crippen LogP contribution in [-0.4, -0.2) is 52.2 Å². The van der Waals surface area contributed by atoms with E-state index in [1.807, 2.05) is 14.0 Å². The number of nitrogens with zero attached hydrogens (tertiary/aromatic N) is 3. The van der Waals surface area contributed by atoms with E-state index in [4.69, 9.17) is 10.9 Å². The number of halogens is 3. The first-order valence-electron chi connectivity index (χ1n) is 11.9. The number of carbonyl (C=O) groups is 1. The zero-order valence-electron chi connectivity index (χ0n) is 22.0. The highest BCUT2D eigenvalue weighted by Crippen LogP contribution is 2.34. The summed E-state index contributed by atoms with van der Waals surface area (Å²) in [6, 6.07) is 7.54. The molecule has 1 heterocycles. The third-order valence-corrected chi connectivity index (χ3v) is 6.15. The number of nitrogens with two attached hydrogens (primary N) is 1. The summed E-state index contributed by atoms with van der Waals surface area (Å²) in [7, 11) is 3.56. The zero-order valence-corrected chi connectivity index (χ0v) is 22.0. The molecule has 1 aromatic heterocycles. The van der Waals surface area contributed by atoms with Gasteiger partial charge in [0.2, 0.25) is 0 Å². The molecule has 0 unspecified atom stereocenters. The van der Waals surface area contributed by atoms with Gasteiger partial charge in [-0.1, -0.05) is 6.07 Å². The van der Waals surface area contributed by atoms with Crippen molar-refractivity contribution in [1.82, 2.24) is 15.1 Å². The number of alkyl halides is 3. The molecular formula is C26H32F3N7O3. The van der Waals surface area contributed by atoms with E-state index < -0.39 is 30.4 Å². The molecule has 2 aromatic carbocycles. The lowest BCUT2D eigenvalue weighted by Gasteiger charge is -2.20. The van der Waals surface area contributed by atoms with Gasteiger partial charge in [-0.3, -0.25) is 14.5 Å². The Balaban J connectivity index is 1.92. The molecule has 0 aliphatic heterocycles. The number of hydrogen-bond donors (Lipinski definition) is 6. The van der Waals surface area contributed by atoms with Crippen LogP contribution in [0, 0.1) is 13.8 Å². The third kappa shape index (κ3) is 7.07. The van der Waals surface area contributed by atoms with E-state index in [1.54, 1.807) is 37.1 Å². The van der Waals surface area contributed by atoms with Crippen molar-refractivity contribution in [2.24, 2.45) is 12.9 Å². The number of hydrazine groups is 1. The van der Waals surface area contributed by atoms with Crippen molar-refractivity contribution < 1.29 is 28.2 Å². The van der Waals surface area contributed by atoms with Crippen molar-refractivity contribution in [1.29, 1.82) is 0 Å². The van der Waals surface area contributed by atoms with Gasteiger partial charge in [0, 0.05) is 43.7 Å². The molecule has 13 heteroatoms. The normalized spacial score (nSPS) is 12.7. The molecule has 0 fully saturated rings. The zero-order chi connectivity index (χ0) is 28.9. The third-order valence-electron chi connectivity index (χ3n) is 6.15. The Hall–Kier alpha value is -4.07. The minimum Gasteiger partial charge on any atom is -0.394 e. The van der Waals surface area contributed by atoms with E-state index in [0.29, 0.717) is 11.4 Å². The minimum absolute atomic E-state index is 0.141. The maximum Gasteiger partial charge on any atom is 0.416 e. The van der Waals surface area contributed by atoms with Crippen molar-refractivity contribution in [3.63, 3.8) is 0 Å². The molecule has 39 heavy (non-hydrogen) atoms. The van der Waals surface area contributed by atoms with Crippen molar-refractivity contribution in [2.45, 2.75) is 26.1 Å². The van der Waals surface area contributed by atoms with Gasteiger partial charge in [0.05, 0.1) is 47.2 Å². The summed E-state index contributed by atoms with van der Waals surface area (Å²) in [5.41, 5.74) is 2.86. The Morgan fingerprint density at radius 2 is 1.92 bits per heavy atom. The van der Waals surface area contributed by atoms with E-state index >= 15 is 0 Å². The molecule has 210 valence electrons. The number of carbonyl (C=O) groups excluding carboxylic acids is 1. The predicted molar refractivity (Wildman–Crippen MR) is 144 cm³/mol. The molecule has 0 bridgehead atoms. The summed E-state index contributed by atoms with van der Waals surface area (Å²) in [5.74, 6) is 5.67. The lowest BCUT2D eigenvalue weighted by atomic mass is 10.1. The second-order valence-corrected chi connectivity index (χ2v) is 8.90. The Labute approximate surface area is 223 Å². The van der Waals surface area contributed by atoms with Crippen LogP contribution >= 0.6 is 0 Å². The number of nitrogens with one attached hydrogen (secondary N) is 3. The number of rotatable bonds is 10. The molecule has 1 amide bonds. The van der Waals surface area contributed by atoms with Gasteiger partial charge in [-0.15, -0.1) is 0 Å². The summed E-state index contributed by atoms with van der Waals surface area (Å²) in [6.45, 7) is 3.03. The topological polar surface area (TPSA) is 141 Å². The summed E-state index contributed by atoms with van der Waals surface area (Å²) in [4.78, 5) is 13.1. The fourth-order valence-corrected chi connectivity index (χ4v) is 3.73. The lowest BCUT2D eigenvalue weighted by Crippen LogP contribution is -2.27. The van der Waals surface area contributed by atoms with Crippen molar-refractivity contribution >= 4 is 28.7 Å². The van der Waals surface area contributed by atoms with Crippen LogP contribution < -0.4 is 26.8 Å². The van der Waals surface area contributed by atoms with Crippen LogP contribution in [0.4, 0.5) is 30.2 Å². The predicted octanol–water partition coefficient (Wildman–Crippen LogP) is 2.97. The number of aromatic nitrogens is 2. The average Bonchev–Trinajstić information content (AvgIpc) is 3.23. The van der Waals surface area contributed by atoms with Gasteiger partial charge < -0.3 is 26.2 Å². The SMILES string of the molecule is CN/C(=C\N(N)c1cc(C(=O)Nc2cc(C(F)(F)F)ccc2NC[C@@H](O)CO)ccc1C)c1cnn(C)c1C. The first kappa shape index (κ1) is 29.5. The molecular weight excluding hydrogens is 515 g/mol. The molecule has 1 atom stereocenters. The monoisotopic (exact) mass is 547 g/mol. The highest BCUT2D eigenvalue weighted by molar-refractivity contribution is 6.06. The molecule has 0 aliphatic rings. The van der Waals surface area contributed by atoms with Crippen LogP contribution in [0.1, 0.15) is 32.7 Å².